The first kappa shape index (κ1) is 20.9. The molecule has 2 heterocycles. The molecule has 6 heteroatoms. The number of rotatable bonds is 7. The van der Waals surface area contributed by atoms with E-state index in [2.05, 4.69) is 15.9 Å². The van der Waals surface area contributed by atoms with Gasteiger partial charge in [0.25, 0.3) is 0 Å². The lowest BCUT2D eigenvalue weighted by Crippen LogP contribution is -2.50. The van der Waals surface area contributed by atoms with E-state index in [9.17, 15) is 9.59 Å². The van der Waals surface area contributed by atoms with Crippen molar-refractivity contribution < 1.29 is 9.59 Å². The molecule has 28 heavy (non-hydrogen) atoms. The monoisotopic (exact) mass is 403 g/mol. The lowest BCUT2D eigenvalue weighted by atomic mass is 9.75. The van der Waals surface area contributed by atoms with Crippen molar-refractivity contribution in [3.8, 4) is 0 Å². The van der Waals surface area contributed by atoms with Crippen LogP contribution >= 0.6 is 11.6 Å². The van der Waals surface area contributed by atoms with Gasteiger partial charge in [-0.3, -0.25) is 14.5 Å². The predicted octanol–water partition coefficient (Wildman–Crippen LogP) is 3.58. The summed E-state index contributed by atoms with van der Waals surface area (Å²) in [7, 11) is 0. The van der Waals surface area contributed by atoms with Gasteiger partial charge in [-0.05, 0) is 50.1 Å². The molecule has 2 aliphatic rings. The standard InChI is InChI=1S/C22H30ClN3O2/c1-3-22(4-2)20(27)9-12-26(21(22)28)11-6-10-24-13-15-25(16-14-24)19-8-5-7-18(23)17-19/h5,7-9,12,17H,3-4,6,10-11,13-16H2,1-2H3. The summed E-state index contributed by atoms with van der Waals surface area (Å²) in [4.78, 5) is 31.7. The minimum absolute atomic E-state index is 0.0317. The van der Waals surface area contributed by atoms with Crippen LogP contribution in [0.3, 0.4) is 0 Å². The third-order valence-corrected chi connectivity index (χ3v) is 6.41. The third kappa shape index (κ3) is 4.26. The van der Waals surface area contributed by atoms with Crippen LogP contribution in [0.25, 0.3) is 0 Å². The summed E-state index contributed by atoms with van der Waals surface area (Å²) in [6, 6.07) is 8.01. The molecular formula is C22H30ClN3O2. The molecule has 1 fully saturated rings. The number of halogens is 1. The molecule has 1 saturated heterocycles. The summed E-state index contributed by atoms with van der Waals surface area (Å²) in [6.45, 7) is 9.44. The molecule has 0 aliphatic carbocycles. The van der Waals surface area contributed by atoms with Crippen molar-refractivity contribution in [1.82, 2.24) is 9.80 Å². The molecule has 2 aliphatic heterocycles. The maximum atomic E-state index is 12.9. The van der Waals surface area contributed by atoms with Crippen LogP contribution in [0.2, 0.25) is 5.02 Å². The molecule has 1 amide bonds. The molecular weight excluding hydrogens is 374 g/mol. The minimum Gasteiger partial charge on any atom is -0.369 e. The molecule has 0 saturated carbocycles. The number of carbonyl (C=O) groups excluding carboxylic acids is 2. The third-order valence-electron chi connectivity index (χ3n) is 6.17. The number of anilines is 1. The maximum Gasteiger partial charge on any atom is 0.240 e. The molecule has 0 radical (unpaired) electrons. The number of ketones is 1. The first-order chi connectivity index (χ1) is 13.5. The first-order valence-corrected chi connectivity index (χ1v) is 10.6. The van der Waals surface area contributed by atoms with Gasteiger partial charge in [-0.25, -0.2) is 0 Å². The number of hydrogen-bond acceptors (Lipinski definition) is 4. The number of hydrogen-bond donors (Lipinski definition) is 0. The SMILES string of the molecule is CCC1(CC)C(=O)C=CN(CCCN2CCN(c3cccc(Cl)c3)CC2)C1=O. The van der Waals surface area contributed by atoms with E-state index in [0.29, 0.717) is 19.4 Å². The number of piperazine rings is 1. The van der Waals surface area contributed by atoms with Gasteiger partial charge in [-0.2, -0.15) is 0 Å². The second-order valence-corrected chi connectivity index (χ2v) is 8.07. The van der Waals surface area contributed by atoms with E-state index in [0.717, 1.165) is 44.2 Å². The highest BCUT2D eigenvalue weighted by atomic mass is 35.5. The fourth-order valence-corrected chi connectivity index (χ4v) is 4.39. The van der Waals surface area contributed by atoms with Gasteiger partial charge in [0.05, 0.1) is 0 Å². The number of nitrogens with zero attached hydrogens (tertiary/aromatic N) is 3. The van der Waals surface area contributed by atoms with Crippen LogP contribution in [0.1, 0.15) is 33.1 Å². The topological polar surface area (TPSA) is 43.9 Å². The fraction of sp³-hybridized carbons (Fsp3) is 0.545. The van der Waals surface area contributed by atoms with Gasteiger partial charge in [0, 0.05) is 49.6 Å². The quantitative estimate of drug-likeness (QED) is 0.652. The zero-order chi connectivity index (χ0) is 20.1. The van der Waals surface area contributed by atoms with E-state index >= 15 is 0 Å². The average molecular weight is 404 g/mol. The fourth-order valence-electron chi connectivity index (χ4n) is 4.21. The molecule has 1 aromatic carbocycles. The predicted molar refractivity (Wildman–Crippen MR) is 114 cm³/mol. The van der Waals surface area contributed by atoms with E-state index in [4.69, 9.17) is 11.6 Å². The van der Waals surface area contributed by atoms with Crippen molar-refractivity contribution in [1.29, 1.82) is 0 Å². The van der Waals surface area contributed by atoms with Crippen molar-refractivity contribution in [2.24, 2.45) is 5.41 Å². The molecule has 3 rings (SSSR count). The molecule has 0 unspecified atom stereocenters. The summed E-state index contributed by atoms with van der Waals surface area (Å²) >= 11 is 6.10. The number of allylic oxidation sites excluding steroid dienone is 1. The van der Waals surface area contributed by atoms with Gasteiger partial charge in [-0.1, -0.05) is 31.5 Å². The van der Waals surface area contributed by atoms with E-state index in [-0.39, 0.29) is 11.7 Å². The van der Waals surface area contributed by atoms with Crippen LogP contribution in [-0.2, 0) is 9.59 Å². The second-order valence-electron chi connectivity index (χ2n) is 7.63. The molecule has 152 valence electrons. The van der Waals surface area contributed by atoms with Gasteiger partial charge in [0.1, 0.15) is 5.41 Å². The minimum atomic E-state index is -0.850. The highest BCUT2D eigenvalue weighted by Crippen LogP contribution is 2.33. The van der Waals surface area contributed by atoms with Crippen LogP contribution in [0.15, 0.2) is 36.5 Å². The van der Waals surface area contributed by atoms with Gasteiger partial charge < -0.3 is 9.80 Å². The smallest absolute Gasteiger partial charge is 0.240 e. The second kappa shape index (κ2) is 9.10. The lowest BCUT2D eigenvalue weighted by Gasteiger charge is -2.37. The first-order valence-electron chi connectivity index (χ1n) is 10.3. The van der Waals surface area contributed by atoms with Gasteiger partial charge in [0.2, 0.25) is 5.91 Å². The van der Waals surface area contributed by atoms with E-state index in [1.165, 1.54) is 5.69 Å². The Morgan fingerprint density at radius 3 is 2.39 bits per heavy atom. The Hall–Kier alpha value is -1.85. The average Bonchev–Trinajstić information content (AvgIpc) is 2.71. The molecule has 0 N–H and O–H groups in total. The van der Waals surface area contributed by atoms with E-state index in [1.54, 1.807) is 17.2 Å². The molecule has 0 bridgehead atoms. The Labute approximate surface area is 172 Å². The Morgan fingerprint density at radius 2 is 1.75 bits per heavy atom. The molecule has 0 atom stereocenters. The molecule has 1 aromatic rings. The zero-order valence-corrected chi connectivity index (χ0v) is 17.6. The largest absolute Gasteiger partial charge is 0.369 e. The Balaban J connectivity index is 1.47. The normalized spacial score (nSPS) is 20.1. The van der Waals surface area contributed by atoms with E-state index in [1.807, 2.05) is 32.0 Å². The molecule has 0 aromatic heterocycles. The number of amides is 1. The molecule has 5 nitrogen and oxygen atoms in total. The van der Waals surface area contributed by atoms with Crippen molar-refractivity contribution in [3.05, 3.63) is 41.6 Å². The van der Waals surface area contributed by atoms with Crippen molar-refractivity contribution >= 4 is 29.0 Å². The Kier molecular flexibility index (Phi) is 6.78. The number of carbonyl (C=O) groups is 2. The summed E-state index contributed by atoms with van der Waals surface area (Å²) < 4.78 is 0. The lowest BCUT2D eigenvalue weighted by molar-refractivity contribution is -0.148. The van der Waals surface area contributed by atoms with Crippen molar-refractivity contribution in [3.63, 3.8) is 0 Å². The van der Waals surface area contributed by atoms with Crippen LogP contribution in [0.4, 0.5) is 5.69 Å². The Bertz CT molecular complexity index is 737. The van der Waals surface area contributed by atoms with Crippen LogP contribution in [-0.4, -0.2) is 60.8 Å². The highest BCUT2D eigenvalue weighted by Gasteiger charge is 2.45. The summed E-state index contributed by atoms with van der Waals surface area (Å²) in [6.07, 6.45) is 5.29. The summed E-state index contributed by atoms with van der Waals surface area (Å²) in [5.74, 6) is -0.0772. The van der Waals surface area contributed by atoms with Crippen LogP contribution in [0, 0.1) is 5.41 Å². The summed E-state index contributed by atoms with van der Waals surface area (Å²) in [5, 5.41) is 0.771. The van der Waals surface area contributed by atoms with Gasteiger partial charge in [0.15, 0.2) is 5.78 Å². The molecule has 0 spiro atoms. The van der Waals surface area contributed by atoms with Crippen molar-refractivity contribution in [2.75, 3.05) is 44.2 Å². The van der Waals surface area contributed by atoms with Crippen molar-refractivity contribution in [2.45, 2.75) is 33.1 Å². The maximum absolute atomic E-state index is 12.9. The highest BCUT2D eigenvalue weighted by molar-refractivity contribution is 6.30. The summed E-state index contributed by atoms with van der Waals surface area (Å²) in [5.41, 5.74) is 0.327. The number of benzene rings is 1. The van der Waals surface area contributed by atoms with Gasteiger partial charge in [-0.15, -0.1) is 0 Å². The van der Waals surface area contributed by atoms with Crippen LogP contribution in [0.5, 0.6) is 0 Å². The van der Waals surface area contributed by atoms with Gasteiger partial charge >= 0.3 is 0 Å². The van der Waals surface area contributed by atoms with E-state index < -0.39 is 5.41 Å². The Morgan fingerprint density at radius 1 is 1.04 bits per heavy atom. The van der Waals surface area contributed by atoms with Crippen LogP contribution < -0.4 is 4.90 Å². The zero-order valence-electron chi connectivity index (χ0n) is 16.9.